The molecule has 1 fully saturated rings. The third-order valence-electron chi connectivity index (χ3n) is 6.45. The van der Waals surface area contributed by atoms with Gasteiger partial charge in [0.05, 0.1) is 17.4 Å². The number of pyridine rings is 1. The molecule has 192 valence electrons. The molecule has 0 saturated carbocycles. The van der Waals surface area contributed by atoms with E-state index in [1.165, 1.54) is 23.9 Å². The number of alkyl halides is 3. The van der Waals surface area contributed by atoms with E-state index in [2.05, 4.69) is 25.1 Å². The lowest BCUT2D eigenvalue weighted by atomic mass is 9.84. The molecular weight excluding hydrogens is 484 g/mol. The summed E-state index contributed by atoms with van der Waals surface area (Å²) in [5.74, 6) is -0.188. The average Bonchev–Trinajstić information content (AvgIpc) is 2.88. The topological polar surface area (TPSA) is 114 Å². The van der Waals surface area contributed by atoms with Crippen LogP contribution in [0.4, 0.5) is 24.8 Å². The average molecular weight is 510 g/mol. The van der Waals surface area contributed by atoms with Crippen LogP contribution in [0.25, 0.3) is 0 Å². The SMILES string of the molecule is NC(=O)c1ccnc(CCc2nc(Nc3ccc(C4CCN(BC=O)CC4)cc3)ncc2C(F)(F)F)c1. The minimum atomic E-state index is -4.61. The second-order valence-corrected chi connectivity index (χ2v) is 8.94. The van der Waals surface area contributed by atoms with Crippen molar-refractivity contribution in [2.24, 2.45) is 5.73 Å². The van der Waals surface area contributed by atoms with Gasteiger partial charge in [-0.15, -0.1) is 0 Å². The molecule has 1 aliphatic rings. The smallest absolute Gasteiger partial charge is 0.366 e. The number of aryl methyl sites for hydroxylation is 2. The number of hydrogen-bond acceptors (Lipinski definition) is 7. The number of aromatic nitrogens is 3. The third kappa shape index (κ3) is 6.91. The molecule has 1 amide bonds. The fourth-order valence-electron chi connectivity index (χ4n) is 4.44. The summed E-state index contributed by atoms with van der Waals surface area (Å²) in [6.45, 7) is 1.74. The molecule has 4 rings (SSSR count). The maximum Gasteiger partial charge on any atom is 0.419 e. The normalized spacial score (nSPS) is 14.8. The van der Waals surface area contributed by atoms with E-state index in [-0.39, 0.29) is 30.0 Å². The molecule has 0 bridgehead atoms. The molecule has 2 aromatic heterocycles. The lowest BCUT2D eigenvalue weighted by molar-refractivity contribution is -0.138. The third-order valence-corrected chi connectivity index (χ3v) is 6.45. The lowest BCUT2D eigenvalue weighted by Crippen LogP contribution is -2.36. The van der Waals surface area contributed by atoms with Crippen LogP contribution in [0, 0.1) is 0 Å². The van der Waals surface area contributed by atoms with E-state index in [4.69, 9.17) is 5.73 Å². The number of halogens is 3. The maximum absolute atomic E-state index is 13.6. The summed E-state index contributed by atoms with van der Waals surface area (Å²) in [4.78, 5) is 36.4. The highest BCUT2D eigenvalue weighted by molar-refractivity contribution is 6.64. The summed E-state index contributed by atoms with van der Waals surface area (Å²) in [6.07, 6.45) is 0.494. The summed E-state index contributed by atoms with van der Waals surface area (Å²) < 4.78 is 40.8. The van der Waals surface area contributed by atoms with Crippen LogP contribution < -0.4 is 11.1 Å². The Labute approximate surface area is 212 Å². The number of piperidine rings is 1. The van der Waals surface area contributed by atoms with Gasteiger partial charge in [0.25, 0.3) is 7.41 Å². The van der Waals surface area contributed by atoms with Crippen molar-refractivity contribution in [1.82, 2.24) is 19.8 Å². The number of benzene rings is 1. The Morgan fingerprint density at radius 1 is 1.14 bits per heavy atom. The first-order valence-electron chi connectivity index (χ1n) is 11.9. The Hall–Kier alpha value is -3.80. The monoisotopic (exact) mass is 510 g/mol. The van der Waals surface area contributed by atoms with Gasteiger partial charge >= 0.3 is 6.18 Å². The second-order valence-electron chi connectivity index (χ2n) is 8.94. The number of primary amides is 1. The quantitative estimate of drug-likeness (QED) is 0.336. The van der Waals surface area contributed by atoms with Gasteiger partial charge in [0.1, 0.15) is 0 Å². The second kappa shape index (κ2) is 11.5. The Morgan fingerprint density at radius 3 is 2.51 bits per heavy atom. The highest BCUT2D eigenvalue weighted by Crippen LogP contribution is 2.32. The van der Waals surface area contributed by atoms with E-state index < -0.39 is 17.6 Å². The van der Waals surface area contributed by atoms with Gasteiger partial charge < -0.3 is 20.7 Å². The van der Waals surface area contributed by atoms with Crippen molar-refractivity contribution in [3.8, 4) is 0 Å². The number of carbonyl (C=O) groups excluding carboxylic acids is 2. The van der Waals surface area contributed by atoms with E-state index >= 15 is 0 Å². The summed E-state index contributed by atoms with van der Waals surface area (Å²) in [5.41, 5.74) is 6.69. The minimum absolute atomic E-state index is 0.0526. The Kier molecular flexibility index (Phi) is 8.17. The van der Waals surface area contributed by atoms with Crippen molar-refractivity contribution in [1.29, 1.82) is 0 Å². The van der Waals surface area contributed by atoms with Gasteiger partial charge in [-0.2, -0.15) is 13.2 Å². The van der Waals surface area contributed by atoms with Crippen LogP contribution >= 0.6 is 0 Å². The molecule has 0 unspecified atom stereocenters. The zero-order chi connectivity index (χ0) is 26.4. The molecule has 8 nitrogen and oxygen atoms in total. The molecule has 12 heteroatoms. The number of anilines is 2. The Balaban J connectivity index is 1.46. The van der Waals surface area contributed by atoms with Crippen LogP contribution in [-0.2, 0) is 23.8 Å². The summed E-state index contributed by atoms with van der Waals surface area (Å²) >= 11 is 0. The predicted octanol–water partition coefficient (Wildman–Crippen LogP) is 3.24. The van der Waals surface area contributed by atoms with Gasteiger partial charge in [0, 0.05) is 29.3 Å². The van der Waals surface area contributed by atoms with Crippen LogP contribution in [0.15, 0.2) is 48.8 Å². The van der Waals surface area contributed by atoms with Crippen molar-refractivity contribution in [3.63, 3.8) is 0 Å². The molecule has 3 heterocycles. The number of nitrogens with two attached hydrogens (primary N) is 1. The molecule has 1 aliphatic heterocycles. The summed E-state index contributed by atoms with van der Waals surface area (Å²) in [6, 6.07) is 10.6. The fraction of sp³-hybridized carbons (Fsp3) is 0.320. The molecular formula is C25H26BF3N6O2. The highest BCUT2D eigenvalue weighted by Gasteiger charge is 2.35. The number of rotatable bonds is 9. The van der Waals surface area contributed by atoms with Gasteiger partial charge in [-0.3, -0.25) is 9.78 Å². The van der Waals surface area contributed by atoms with Crippen LogP contribution in [0.1, 0.15) is 51.6 Å². The first-order chi connectivity index (χ1) is 17.7. The molecule has 0 radical (unpaired) electrons. The zero-order valence-electron chi connectivity index (χ0n) is 20.0. The van der Waals surface area contributed by atoms with Crippen molar-refractivity contribution in [3.05, 3.63) is 76.9 Å². The van der Waals surface area contributed by atoms with E-state index in [9.17, 15) is 22.8 Å². The van der Waals surface area contributed by atoms with Gasteiger partial charge in [-0.25, -0.2) is 9.97 Å². The summed E-state index contributed by atoms with van der Waals surface area (Å²) in [7, 11) is 0.459. The van der Waals surface area contributed by atoms with Crippen molar-refractivity contribution in [2.75, 3.05) is 18.4 Å². The molecule has 0 atom stereocenters. The molecule has 37 heavy (non-hydrogen) atoms. The molecule has 3 N–H and O–H groups in total. The number of nitrogens with zero attached hydrogens (tertiary/aromatic N) is 4. The van der Waals surface area contributed by atoms with Crippen molar-refractivity contribution >= 4 is 31.1 Å². The first kappa shape index (κ1) is 26.3. The van der Waals surface area contributed by atoms with Gasteiger partial charge in [-0.1, -0.05) is 12.1 Å². The van der Waals surface area contributed by atoms with E-state index in [1.54, 1.807) is 0 Å². The van der Waals surface area contributed by atoms with Crippen LogP contribution in [0.2, 0.25) is 0 Å². The first-order valence-corrected chi connectivity index (χ1v) is 11.9. The molecule has 0 aliphatic carbocycles. The molecule has 3 aromatic rings. The predicted molar refractivity (Wildman–Crippen MR) is 134 cm³/mol. The van der Waals surface area contributed by atoms with Gasteiger partial charge in [0.15, 0.2) is 0 Å². The largest absolute Gasteiger partial charge is 0.419 e. The molecule has 1 aromatic carbocycles. The van der Waals surface area contributed by atoms with Crippen molar-refractivity contribution < 1.29 is 22.8 Å². The van der Waals surface area contributed by atoms with Crippen molar-refractivity contribution in [2.45, 2.75) is 37.8 Å². The summed E-state index contributed by atoms with van der Waals surface area (Å²) in [5, 5.41) is 2.99. The van der Waals surface area contributed by atoms with E-state index in [1.807, 2.05) is 24.3 Å². The molecule has 1 saturated heterocycles. The van der Waals surface area contributed by atoms with Crippen LogP contribution in [0.3, 0.4) is 0 Å². The lowest BCUT2D eigenvalue weighted by Gasteiger charge is -2.30. The van der Waals surface area contributed by atoms with E-state index in [0.717, 1.165) is 38.3 Å². The standard InChI is InChI=1S/C25H26BF3N6O2/c27-25(28,29)21-14-32-24(34-22(21)6-5-20-13-18(23(30)37)7-10-31-20)33-19-3-1-16(2-4-19)17-8-11-35(12-9-17)26-15-36/h1-4,7,10,13-15,17,26H,5-6,8-9,11-12H2,(H2,30,37)(H,32,33,34). The Morgan fingerprint density at radius 2 is 1.86 bits per heavy atom. The zero-order valence-corrected chi connectivity index (χ0v) is 20.0. The van der Waals surface area contributed by atoms with Gasteiger partial charge in [-0.05, 0) is 74.5 Å². The minimum Gasteiger partial charge on any atom is -0.366 e. The Bertz CT molecular complexity index is 1250. The fourth-order valence-corrected chi connectivity index (χ4v) is 4.44. The highest BCUT2D eigenvalue weighted by atomic mass is 19.4. The molecule has 0 spiro atoms. The number of carbonyl (C=O) groups is 2. The van der Waals surface area contributed by atoms with Crippen LogP contribution in [0.5, 0.6) is 0 Å². The van der Waals surface area contributed by atoms with Crippen LogP contribution in [-0.4, -0.2) is 52.4 Å². The van der Waals surface area contributed by atoms with E-state index in [0.29, 0.717) is 24.7 Å². The van der Waals surface area contributed by atoms with Gasteiger partial charge in [0.2, 0.25) is 11.9 Å². The maximum atomic E-state index is 13.6. The number of nitrogens with one attached hydrogen (secondary N) is 1. The number of hydrogen-bond donors (Lipinski definition) is 2. The number of amides is 1.